The maximum Gasteiger partial charge on any atom is 0.228 e. The normalized spacial score (nSPS) is 10.5. The van der Waals surface area contributed by atoms with Crippen LogP contribution in [0.2, 0.25) is 0 Å². The van der Waals surface area contributed by atoms with E-state index in [-0.39, 0.29) is 18.1 Å². The summed E-state index contributed by atoms with van der Waals surface area (Å²) in [5.41, 5.74) is 2.50. The molecular weight excluding hydrogens is 434 g/mol. The van der Waals surface area contributed by atoms with Crippen molar-refractivity contribution in [2.75, 3.05) is 11.1 Å². The van der Waals surface area contributed by atoms with Crippen LogP contribution in [-0.4, -0.2) is 17.4 Å². The zero-order valence-corrected chi connectivity index (χ0v) is 17.8. The monoisotopic (exact) mass is 453 g/mol. The Hall–Kier alpha value is -2.37. The molecule has 28 heavy (non-hydrogen) atoms. The van der Waals surface area contributed by atoms with E-state index in [1.165, 1.54) is 4.90 Å². The molecule has 0 aliphatic rings. The fourth-order valence-electron chi connectivity index (χ4n) is 2.81. The summed E-state index contributed by atoms with van der Waals surface area (Å²) < 4.78 is 0.786. The van der Waals surface area contributed by atoms with Crippen LogP contribution in [0.25, 0.3) is 0 Å². The fourth-order valence-corrected chi connectivity index (χ4v) is 3.83. The molecule has 0 saturated heterocycles. The Kier molecular flexibility index (Phi) is 7.06. The number of rotatable bonds is 7. The summed E-state index contributed by atoms with van der Waals surface area (Å²) in [5, 5.41) is 2.89. The molecular formula is C23H20BrNO2S. The van der Waals surface area contributed by atoms with Gasteiger partial charge in [-0.3, -0.25) is 9.59 Å². The highest BCUT2D eigenvalue weighted by atomic mass is 79.9. The fraction of sp³-hybridized carbons (Fsp3) is 0.130. The van der Waals surface area contributed by atoms with Crippen LogP contribution in [0.15, 0.2) is 82.2 Å². The van der Waals surface area contributed by atoms with Crippen molar-refractivity contribution in [3.8, 4) is 0 Å². The van der Waals surface area contributed by atoms with Gasteiger partial charge in [0.15, 0.2) is 5.78 Å². The van der Waals surface area contributed by atoms with Crippen molar-refractivity contribution in [3.63, 3.8) is 0 Å². The van der Waals surface area contributed by atoms with Gasteiger partial charge in [-0.25, -0.2) is 0 Å². The molecule has 0 saturated carbocycles. The van der Waals surface area contributed by atoms with Crippen LogP contribution < -0.4 is 5.32 Å². The molecule has 142 valence electrons. The number of halogens is 1. The highest BCUT2D eigenvalue weighted by molar-refractivity contribution is 9.10. The van der Waals surface area contributed by atoms with Crippen LogP contribution >= 0.6 is 27.7 Å². The van der Waals surface area contributed by atoms with Crippen LogP contribution in [0, 0.1) is 0 Å². The summed E-state index contributed by atoms with van der Waals surface area (Å²) in [4.78, 5) is 26.6. The number of ketones is 1. The lowest BCUT2D eigenvalue weighted by Gasteiger charge is -2.12. The van der Waals surface area contributed by atoms with Gasteiger partial charge in [-0.05, 0) is 41.6 Å². The molecule has 0 aliphatic heterocycles. The van der Waals surface area contributed by atoms with E-state index in [4.69, 9.17) is 0 Å². The highest BCUT2D eigenvalue weighted by Gasteiger charge is 2.16. The molecule has 0 fully saturated rings. The lowest BCUT2D eigenvalue weighted by molar-refractivity contribution is -0.115. The first-order valence-corrected chi connectivity index (χ1v) is 10.8. The second-order valence-electron chi connectivity index (χ2n) is 6.19. The van der Waals surface area contributed by atoms with Crippen LogP contribution in [0.1, 0.15) is 28.4 Å². The molecule has 0 radical (unpaired) electrons. The van der Waals surface area contributed by atoms with Crippen molar-refractivity contribution in [3.05, 3.63) is 94.0 Å². The summed E-state index contributed by atoms with van der Waals surface area (Å²) >= 11 is 5.18. The number of anilines is 1. The van der Waals surface area contributed by atoms with Gasteiger partial charge >= 0.3 is 0 Å². The van der Waals surface area contributed by atoms with E-state index in [1.807, 2.05) is 48.5 Å². The van der Waals surface area contributed by atoms with Gasteiger partial charge in [0.1, 0.15) is 0 Å². The van der Waals surface area contributed by atoms with Gasteiger partial charge in [0.05, 0.1) is 12.1 Å². The highest BCUT2D eigenvalue weighted by Crippen LogP contribution is 2.24. The van der Waals surface area contributed by atoms with Crippen LogP contribution in [0.4, 0.5) is 5.69 Å². The number of carbonyl (C=O) groups excluding carboxylic acids is 2. The van der Waals surface area contributed by atoms with Gasteiger partial charge < -0.3 is 5.32 Å². The number of hydrogen-bond acceptors (Lipinski definition) is 3. The Morgan fingerprint density at radius 1 is 0.964 bits per heavy atom. The van der Waals surface area contributed by atoms with Crippen LogP contribution in [0.3, 0.4) is 0 Å². The first-order valence-electron chi connectivity index (χ1n) is 8.97. The molecule has 1 N–H and O–H groups in total. The third kappa shape index (κ3) is 5.33. The molecule has 0 unspecified atom stereocenters. The number of benzene rings is 3. The number of amides is 1. The molecule has 3 rings (SSSR count). The van der Waals surface area contributed by atoms with Crippen LogP contribution in [0.5, 0.6) is 0 Å². The maximum atomic E-state index is 12.9. The average molecular weight is 454 g/mol. The average Bonchev–Trinajstić information content (AvgIpc) is 2.71. The molecule has 0 aromatic heterocycles. The second-order valence-corrected chi connectivity index (χ2v) is 8.44. The van der Waals surface area contributed by atoms with Gasteiger partial charge in [-0.15, -0.1) is 11.8 Å². The molecule has 1 amide bonds. The topological polar surface area (TPSA) is 46.2 Å². The minimum absolute atomic E-state index is 0.127. The summed E-state index contributed by atoms with van der Waals surface area (Å²) in [7, 11) is 0. The largest absolute Gasteiger partial charge is 0.325 e. The van der Waals surface area contributed by atoms with Crippen molar-refractivity contribution in [1.29, 1.82) is 0 Å². The van der Waals surface area contributed by atoms with E-state index in [2.05, 4.69) is 28.2 Å². The molecule has 0 heterocycles. The van der Waals surface area contributed by atoms with Gasteiger partial charge in [-0.2, -0.15) is 0 Å². The molecule has 0 bridgehead atoms. The first kappa shape index (κ1) is 20.4. The molecule has 5 heteroatoms. The summed E-state index contributed by atoms with van der Waals surface area (Å²) in [5.74, 6) is 0.736. The number of carbonyl (C=O) groups is 2. The third-order valence-corrected chi connectivity index (χ3v) is 5.52. The summed E-state index contributed by atoms with van der Waals surface area (Å²) in [6.07, 6.45) is 0.256. The summed E-state index contributed by atoms with van der Waals surface area (Å²) in [6.45, 7) is 2.11. The second kappa shape index (κ2) is 9.71. The third-order valence-electron chi connectivity index (χ3n) is 4.14. The van der Waals surface area contributed by atoms with E-state index in [0.29, 0.717) is 16.8 Å². The standard InChI is InChI=1S/C23H20BrNO2S/c1-2-28-19-11-8-16(9-12-19)14-22(26)25-21-13-10-18(24)15-20(21)23(27)17-6-4-3-5-7-17/h3-13,15H,2,14H2,1H3,(H,25,26). The van der Waals surface area contributed by atoms with Gasteiger partial charge in [0, 0.05) is 20.5 Å². The Morgan fingerprint density at radius 2 is 1.68 bits per heavy atom. The van der Waals surface area contributed by atoms with Gasteiger partial charge in [0.2, 0.25) is 5.91 Å². The predicted octanol–water partition coefficient (Wildman–Crippen LogP) is 5.97. The van der Waals surface area contributed by atoms with E-state index >= 15 is 0 Å². The van der Waals surface area contributed by atoms with Crippen molar-refractivity contribution < 1.29 is 9.59 Å². The Balaban J connectivity index is 1.76. The minimum atomic E-state index is -0.152. The van der Waals surface area contributed by atoms with E-state index < -0.39 is 0 Å². The molecule has 0 atom stereocenters. The zero-order chi connectivity index (χ0) is 19.9. The number of thioether (sulfide) groups is 1. The van der Waals surface area contributed by atoms with E-state index in [9.17, 15) is 9.59 Å². The Morgan fingerprint density at radius 3 is 2.36 bits per heavy atom. The minimum Gasteiger partial charge on any atom is -0.325 e. The maximum absolute atomic E-state index is 12.9. The molecule has 0 spiro atoms. The van der Waals surface area contributed by atoms with Crippen molar-refractivity contribution in [1.82, 2.24) is 0 Å². The first-order chi connectivity index (χ1) is 13.6. The van der Waals surface area contributed by atoms with Gasteiger partial charge in [0.25, 0.3) is 0 Å². The van der Waals surface area contributed by atoms with Crippen molar-refractivity contribution in [2.24, 2.45) is 0 Å². The van der Waals surface area contributed by atoms with Crippen molar-refractivity contribution in [2.45, 2.75) is 18.2 Å². The molecule has 3 aromatic rings. The smallest absolute Gasteiger partial charge is 0.228 e. The Bertz CT molecular complexity index is 972. The summed E-state index contributed by atoms with van der Waals surface area (Å²) in [6, 6.07) is 22.3. The quantitative estimate of drug-likeness (QED) is 0.353. The number of nitrogens with one attached hydrogen (secondary N) is 1. The van der Waals surface area contributed by atoms with Crippen molar-refractivity contribution >= 4 is 45.1 Å². The lowest BCUT2D eigenvalue weighted by Crippen LogP contribution is -2.17. The predicted molar refractivity (Wildman–Crippen MR) is 119 cm³/mol. The molecule has 3 nitrogen and oxygen atoms in total. The van der Waals surface area contributed by atoms with Gasteiger partial charge in [-0.1, -0.05) is 65.3 Å². The zero-order valence-electron chi connectivity index (χ0n) is 15.4. The lowest BCUT2D eigenvalue weighted by atomic mass is 10.0. The SMILES string of the molecule is CCSc1ccc(CC(=O)Nc2ccc(Br)cc2C(=O)c2ccccc2)cc1. The van der Waals surface area contributed by atoms with Crippen LogP contribution in [-0.2, 0) is 11.2 Å². The Labute approximate surface area is 177 Å². The molecule has 3 aromatic carbocycles. The molecule has 0 aliphatic carbocycles. The van der Waals surface area contributed by atoms with E-state index in [1.54, 1.807) is 36.0 Å². The number of hydrogen-bond donors (Lipinski definition) is 1. The van der Waals surface area contributed by atoms with E-state index in [0.717, 1.165) is 15.8 Å².